The monoisotopic (exact) mass is 270 g/mol. The number of amides is 2. The second-order valence-corrected chi connectivity index (χ2v) is 3.88. The summed E-state index contributed by atoms with van der Waals surface area (Å²) in [7, 11) is 1.40. The third kappa shape index (κ3) is 5.38. The van der Waals surface area contributed by atoms with Gasteiger partial charge in [0.2, 0.25) is 0 Å². The summed E-state index contributed by atoms with van der Waals surface area (Å²) < 4.78 is 6.62. The highest BCUT2D eigenvalue weighted by Gasteiger charge is 2.13. The molecule has 0 saturated carbocycles. The molecule has 1 unspecified atom stereocenters. The molecule has 0 saturated heterocycles. The number of rotatable bonds is 7. The Morgan fingerprint density at radius 1 is 1.58 bits per heavy atom. The summed E-state index contributed by atoms with van der Waals surface area (Å²) in [5.41, 5.74) is 0.576. The number of methoxy groups -OCH3 is 1. The molecule has 0 spiro atoms. The van der Waals surface area contributed by atoms with Gasteiger partial charge in [0, 0.05) is 26.4 Å². The number of carboxylic acid groups (broad SMARTS) is 1. The van der Waals surface area contributed by atoms with Crippen molar-refractivity contribution in [3.63, 3.8) is 0 Å². The van der Waals surface area contributed by atoms with E-state index < -0.39 is 18.1 Å². The molecular weight excluding hydrogens is 252 g/mol. The number of aliphatic carboxylic acids is 1. The fourth-order valence-electron chi connectivity index (χ4n) is 1.42. The van der Waals surface area contributed by atoms with Crippen LogP contribution < -0.4 is 10.6 Å². The summed E-state index contributed by atoms with van der Waals surface area (Å²) in [6.45, 7) is 2.77. The first-order valence-electron chi connectivity index (χ1n) is 5.87. The molecule has 8 heteroatoms. The predicted molar refractivity (Wildman–Crippen MR) is 68.0 cm³/mol. The molecule has 106 valence electrons. The van der Waals surface area contributed by atoms with Crippen LogP contribution in [0.2, 0.25) is 0 Å². The largest absolute Gasteiger partial charge is 0.481 e. The molecule has 1 aromatic heterocycles. The van der Waals surface area contributed by atoms with E-state index in [4.69, 9.17) is 9.84 Å². The van der Waals surface area contributed by atoms with E-state index >= 15 is 0 Å². The summed E-state index contributed by atoms with van der Waals surface area (Å²) in [4.78, 5) is 22.1. The Kier molecular flexibility index (Phi) is 5.80. The van der Waals surface area contributed by atoms with E-state index in [9.17, 15) is 9.59 Å². The average molecular weight is 270 g/mol. The smallest absolute Gasteiger partial charge is 0.319 e. The first-order valence-corrected chi connectivity index (χ1v) is 5.87. The van der Waals surface area contributed by atoms with E-state index in [-0.39, 0.29) is 13.0 Å². The quantitative estimate of drug-likeness (QED) is 0.669. The van der Waals surface area contributed by atoms with Crippen LogP contribution in [-0.2, 0) is 16.1 Å². The number of hydrogen-bond acceptors (Lipinski definition) is 4. The van der Waals surface area contributed by atoms with Gasteiger partial charge in [0.05, 0.1) is 24.4 Å². The molecule has 0 fully saturated rings. The number of ether oxygens (including phenoxy) is 1. The Hall–Kier alpha value is -2.09. The lowest BCUT2D eigenvalue weighted by Gasteiger charge is -2.13. The number of aromatic nitrogens is 2. The van der Waals surface area contributed by atoms with E-state index in [1.54, 1.807) is 10.9 Å². The summed E-state index contributed by atoms with van der Waals surface area (Å²) in [6.07, 6.45) is 2.52. The van der Waals surface area contributed by atoms with Crippen LogP contribution in [0.5, 0.6) is 0 Å². The zero-order valence-corrected chi connectivity index (χ0v) is 10.9. The van der Waals surface area contributed by atoms with Gasteiger partial charge in [-0.15, -0.1) is 0 Å². The standard InChI is InChI=1S/C11H18N4O4/c1-3-15-7-8(5-13-15)14-11(18)12-6-9(19-2)4-10(16)17/h5,7,9H,3-4,6H2,1-2H3,(H,16,17)(H2,12,14,18). The first kappa shape index (κ1) is 15.0. The average Bonchev–Trinajstić information content (AvgIpc) is 2.81. The molecule has 2 amide bonds. The second-order valence-electron chi connectivity index (χ2n) is 3.88. The van der Waals surface area contributed by atoms with E-state index in [1.165, 1.54) is 13.3 Å². The zero-order chi connectivity index (χ0) is 14.3. The Morgan fingerprint density at radius 3 is 2.84 bits per heavy atom. The van der Waals surface area contributed by atoms with Gasteiger partial charge in [0.25, 0.3) is 0 Å². The van der Waals surface area contributed by atoms with Gasteiger partial charge < -0.3 is 20.5 Å². The van der Waals surface area contributed by atoms with Gasteiger partial charge in [-0.1, -0.05) is 0 Å². The number of nitrogens with one attached hydrogen (secondary N) is 2. The SMILES string of the molecule is CCn1cc(NC(=O)NCC(CC(=O)O)OC)cn1. The van der Waals surface area contributed by atoms with Gasteiger partial charge in [0.1, 0.15) is 0 Å². The van der Waals surface area contributed by atoms with Crippen molar-refractivity contribution in [1.29, 1.82) is 0 Å². The number of nitrogens with zero attached hydrogens (tertiary/aromatic N) is 2. The molecule has 19 heavy (non-hydrogen) atoms. The van der Waals surface area contributed by atoms with Crippen molar-refractivity contribution in [2.75, 3.05) is 19.0 Å². The van der Waals surface area contributed by atoms with Crippen LogP contribution in [0.1, 0.15) is 13.3 Å². The molecule has 8 nitrogen and oxygen atoms in total. The van der Waals surface area contributed by atoms with Crippen molar-refractivity contribution >= 4 is 17.7 Å². The van der Waals surface area contributed by atoms with E-state index in [1.807, 2.05) is 6.92 Å². The number of urea groups is 1. The van der Waals surface area contributed by atoms with Crippen molar-refractivity contribution in [3.8, 4) is 0 Å². The zero-order valence-electron chi connectivity index (χ0n) is 10.9. The highest BCUT2D eigenvalue weighted by Crippen LogP contribution is 2.04. The topological polar surface area (TPSA) is 105 Å². The minimum atomic E-state index is -0.974. The maximum absolute atomic E-state index is 11.6. The molecule has 1 aromatic rings. The molecule has 0 aliphatic carbocycles. The van der Waals surface area contributed by atoms with Crippen LogP contribution in [0.4, 0.5) is 10.5 Å². The van der Waals surface area contributed by atoms with E-state index in [0.29, 0.717) is 12.2 Å². The van der Waals surface area contributed by atoms with Crippen molar-refractivity contribution < 1.29 is 19.4 Å². The van der Waals surface area contributed by atoms with Gasteiger partial charge in [-0.3, -0.25) is 9.48 Å². The Balaban J connectivity index is 2.36. The summed E-state index contributed by atoms with van der Waals surface area (Å²) in [5, 5.41) is 17.8. The van der Waals surface area contributed by atoms with Crippen molar-refractivity contribution in [3.05, 3.63) is 12.4 Å². The predicted octanol–water partition coefficient (Wildman–Crippen LogP) is 0.514. The number of carbonyl (C=O) groups is 2. The van der Waals surface area contributed by atoms with Crippen LogP contribution in [0.15, 0.2) is 12.4 Å². The van der Waals surface area contributed by atoms with Crippen molar-refractivity contribution in [2.45, 2.75) is 26.0 Å². The normalized spacial score (nSPS) is 11.9. The fraction of sp³-hybridized carbons (Fsp3) is 0.545. The van der Waals surface area contributed by atoms with Crippen LogP contribution in [0.25, 0.3) is 0 Å². The Labute approximate surface area is 110 Å². The van der Waals surface area contributed by atoms with Crippen LogP contribution in [-0.4, -0.2) is 46.6 Å². The molecule has 1 atom stereocenters. The molecule has 0 aromatic carbocycles. The van der Waals surface area contributed by atoms with Gasteiger partial charge in [-0.05, 0) is 6.92 Å². The summed E-state index contributed by atoms with van der Waals surface area (Å²) in [6, 6.07) is -0.428. The number of anilines is 1. The molecule has 1 rings (SSSR count). The lowest BCUT2D eigenvalue weighted by molar-refractivity contribution is -0.139. The van der Waals surface area contributed by atoms with Gasteiger partial charge >= 0.3 is 12.0 Å². The third-order valence-electron chi connectivity index (χ3n) is 2.44. The molecule has 0 aliphatic heterocycles. The Morgan fingerprint density at radius 2 is 2.32 bits per heavy atom. The lowest BCUT2D eigenvalue weighted by atomic mass is 10.2. The van der Waals surface area contributed by atoms with Gasteiger partial charge in [-0.2, -0.15) is 5.10 Å². The first-order chi connectivity index (χ1) is 9.05. The molecule has 0 aliphatic rings. The van der Waals surface area contributed by atoms with Gasteiger partial charge in [-0.25, -0.2) is 4.79 Å². The lowest BCUT2D eigenvalue weighted by Crippen LogP contribution is -2.37. The molecule has 1 heterocycles. The maximum Gasteiger partial charge on any atom is 0.319 e. The highest BCUT2D eigenvalue weighted by molar-refractivity contribution is 5.88. The summed E-state index contributed by atoms with van der Waals surface area (Å²) >= 11 is 0. The fourth-order valence-corrected chi connectivity index (χ4v) is 1.42. The molecule has 3 N–H and O–H groups in total. The number of hydrogen-bond donors (Lipinski definition) is 3. The van der Waals surface area contributed by atoms with Crippen LogP contribution >= 0.6 is 0 Å². The molecule has 0 radical (unpaired) electrons. The number of carboxylic acids is 1. The van der Waals surface area contributed by atoms with Crippen LogP contribution in [0, 0.1) is 0 Å². The highest BCUT2D eigenvalue weighted by atomic mass is 16.5. The van der Waals surface area contributed by atoms with E-state index in [2.05, 4.69) is 15.7 Å². The molecular formula is C11H18N4O4. The number of aryl methyl sites for hydroxylation is 1. The van der Waals surface area contributed by atoms with Crippen LogP contribution in [0.3, 0.4) is 0 Å². The maximum atomic E-state index is 11.6. The molecule has 0 bridgehead atoms. The van der Waals surface area contributed by atoms with Gasteiger partial charge in [0.15, 0.2) is 0 Å². The minimum Gasteiger partial charge on any atom is -0.481 e. The van der Waals surface area contributed by atoms with Crippen molar-refractivity contribution in [2.24, 2.45) is 0 Å². The number of carbonyl (C=O) groups excluding carboxylic acids is 1. The minimum absolute atomic E-state index is 0.122. The third-order valence-corrected chi connectivity index (χ3v) is 2.44. The second kappa shape index (κ2) is 7.37. The summed E-state index contributed by atoms with van der Waals surface area (Å²) in [5.74, 6) is -0.974. The van der Waals surface area contributed by atoms with E-state index in [0.717, 1.165) is 0 Å². The Bertz CT molecular complexity index is 432. The van der Waals surface area contributed by atoms with Crippen molar-refractivity contribution in [1.82, 2.24) is 15.1 Å².